The average molecular weight is 362 g/mol. The van der Waals surface area contributed by atoms with Gasteiger partial charge in [0, 0.05) is 12.1 Å². The monoisotopic (exact) mass is 361 g/mol. The van der Waals surface area contributed by atoms with Crippen molar-refractivity contribution in [1.82, 2.24) is 9.55 Å². The first-order valence-electron chi connectivity index (χ1n) is 7.19. The van der Waals surface area contributed by atoms with Gasteiger partial charge >= 0.3 is 0 Å². The molecule has 0 N–H and O–H groups in total. The van der Waals surface area contributed by atoms with Crippen LogP contribution in [0, 0.1) is 10.1 Å². The summed E-state index contributed by atoms with van der Waals surface area (Å²) in [6, 6.07) is 10.4. The molecule has 0 aliphatic carbocycles. The molecule has 4 rings (SSSR count). The summed E-state index contributed by atoms with van der Waals surface area (Å²) in [6.07, 6.45) is 0. The van der Waals surface area contributed by atoms with Crippen molar-refractivity contribution < 1.29 is 9.66 Å². The average Bonchev–Trinajstić information content (AvgIpc) is 3.13. The van der Waals surface area contributed by atoms with Crippen LogP contribution in [0.4, 0.5) is 5.69 Å². The maximum absolute atomic E-state index is 11.4. The van der Waals surface area contributed by atoms with Gasteiger partial charge in [0.2, 0.25) is 0 Å². The number of nitrogens with zero attached hydrogens (tertiary/aromatic N) is 3. The van der Waals surface area contributed by atoms with Crippen LogP contribution < -0.4 is 4.74 Å². The number of hydrogen-bond donors (Lipinski definition) is 0. The van der Waals surface area contributed by atoms with Crippen LogP contribution in [-0.4, -0.2) is 21.6 Å². The summed E-state index contributed by atoms with van der Waals surface area (Å²) in [5.41, 5.74) is 2.26. The van der Waals surface area contributed by atoms with E-state index in [1.165, 1.54) is 6.07 Å². The molecule has 24 heavy (non-hydrogen) atoms. The molecule has 8 heteroatoms. The predicted molar refractivity (Wildman–Crippen MR) is 93.8 cm³/mol. The fourth-order valence-corrected chi connectivity index (χ4v) is 4.63. The van der Waals surface area contributed by atoms with Gasteiger partial charge in [0.25, 0.3) is 5.69 Å². The van der Waals surface area contributed by atoms with Crippen molar-refractivity contribution >= 4 is 40.1 Å². The van der Waals surface area contributed by atoms with Crippen LogP contribution in [0.1, 0.15) is 16.8 Å². The molecule has 1 aliphatic rings. The maximum atomic E-state index is 11.4. The number of thioether (sulfide) groups is 1. The van der Waals surface area contributed by atoms with E-state index in [-0.39, 0.29) is 16.0 Å². The normalized spacial score (nSPS) is 16.3. The van der Waals surface area contributed by atoms with Crippen molar-refractivity contribution in [1.29, 1.82) is 0 Å². The summed E-state index contributed by atoms with van der Waals surface area (Å²) in [5, 5.41) is 11.5. The predicted octanol–water partition coefficient (Wildman–Crippen LogP) is 4.40. The molecular formula is C16H12ClN3O3S. The number of aromatic nitrogens is 2. The summed E-state index contributed by atoms with van der Waals surface area (Å²) in [5.74, 6) is 2.27. The molecule has 0 saturated heterocycles. The van der Waals surface area contributed by atoms with Crippen LogP contribution in [0.25, 0.3) is 11.0 Å². The van der Waals surface area contributed by atoms with Crippen molar-refractivity contribution in [2.24, 2.45) is 0 Å². The molecule has 1 unspecified atom stereocenters. The van der Waals surface area contributed by atoms with Crippen molar-refractivity contribution in [3.63, 3.8) is 0 Å². The third-order valence-corrected chi connectivity index (χ3v) is 5.56. The van der Waals surface area contributed by atoms with E-state index in [1.807, 2.05) is 22.8 Å². The Labute approximate surface area is 146 Å². The quantitative estimate of drug-likeness (QED) is 0.510. The zero-order valence-corrected chi connectivity index (χ0v) is 14.2. The van der Waals surface area contributed by atoms with Crippen molar-refractivity contribution in [2.75, 3.05) is 7.11 Å². The number of hydrogen-bond acceptors (Lipinski definition) is 5. The van der Waals surface area contributed by atoms with Gasteiger partial charge in [-0.1, -0.05) is 17.7 Å². The smallest absolute Gasteiger partial charge is 0.277 e. The van der Waals surface area contributed by atoms with Crippen LogP contribution in [0.3, 0.4) is 0 Å². The Morgan fingerprint density at radius 2 is 2.25 bits per heavy atom. The largest absolute Gasteiger partial charge is 0.497 e. The Hall–Kier alpha value is -2.25. The van der Waals surface area contributed by atoms with Gasteiger partial charge in [-0.05, 0) is 18.2 Å². The first-order chi connectivity index (χ1) is 11.6. The van der Waals surface area contributed by atoms with Gasteiger partial charge < -0.3 is 9.30 Å². The molecule has 0 fully saturated rings. The first-order valence-corrected chi connectivity index (χ1v) is 8.62. The Kier molecular flexibility index (Phi) is 3.62. The van der Waals surface area contributed by atoms with Gasteiger partial charge in [-0.15, -0.1) is 11.8 Å². The van der Waals surface area contributed by atoms with E-state index >= 15 is 0 Å². The van der Waals surface area contributed by atoms with Crippen molar-refractivity contribution in [3.05, 3.63) is 62.9 Å². The van der Waals surface area contributed by atoms with Gasteiger partial charge in [-0.2, -0.15) is 0 Å². The minimum Gasteiger partial charge on any atom is -0.497 e. The molecule has 0 bridgehead atoms. The second-order valence-corrected chi connectivity index (χ2v) is 6.82. The lowest BCUT2D eigenvalue weighted by atomic mass is 10.1. The van der Waals surface area contributed by atoms with Gasteiger partial charge in [0.1, 0.15) is 16.9 Å². The van der Waals surface area contributed by atoms with Gasteiger partial charge in [-0.25, -0.2) is 4.98 Å². The molecule has 1 aliphatic heterocycles. The number of methoxy groups -OCH3 is 1. The second-order valence-electron chi connectivity index (χ2n) is 5.35. The maximum Gasteiger partial charge on any atom is 0.277 e. The Bertz CT molecular complexity index is 973. The highest BCUT2D eigenvalue weighted by molar-refractivity contribution is 7.99. The number of halogens is 1. The minimum absolute atomic E-state index is 0.0256. The van der Waals surface area contributed by atoms with Gasteiger partial charge in [0.15, 0.2) is 0 Å². The molecule has 1 atom stereocenters. The SMILES string of the molecule is COc1ccc2nc3n(c2c1)C(c1c(Cl)cccc1[N+](=O)[O-])SC3. The molecule has 6 nitrogen and oxygen atoms in total. The topological polar surface area (TPSA) is 70.2 Å². The van der Waals surface area contributed by atoms with Gasteiger partial charge in [-0.3, -0.25) is 10.1 Å². The first kappa shape index (κ1) is 15.3. The molecule has 1 aromatic heterocycles. The van der Waals surface area contributed by atoms with Crippen LogP contribution >= 0.6 is 23.4 Å². The molecule has 2 heterocycles. The standard InChI is InChI=1S/C16H12ClN3O3S/c1-23-9-5-6-11-13(7-9)19-14(18-11)8-24-16(19)15-10(17)3-2-4-12(15)20(21)22/h2-7,16H,8H2,1H3. The molecular weight excluding hydrogens is 350 g/mol. The van der Waals surface area contributed by atoms with Crippen LogP contribution in [0.2, 0.25) is 5.02 Å². The highest BCUT2D eigenvalue weighted by Gasteiger charge is 2.34. The number of imidazole rings is 1. The molecule has 0 amide bonds. The van der Waals surface area contributed by atoms with Crippen LogP contribution in [-0.2, 0) is 5.75 Å². The number of rotatable bonds is 3. The van der Waals surface area contributed by atoms with E-state index in [1.54, 1.807) is 31.0 Å². The third-order valence-electron chi connectivity index (χ3n) is 4.05. The Balaban J connectivity index is 1.95. The van der Waals surface area contributed by atoms with Crippen molar-refractivity contribution in [3.8, 4) is 5.75 Å². The van der Waals surface area contributed by atoms with E-state index in [0.717, 1.165) is 22.6 Å². The molecule has 122 valence electrons. The van der Waals surface area contributed by atoms with E-state index < -0.39 is 0 Å². The lowest BCUT2D eigenvalue weighted by Crippen LogP contribution is -2.07. The number of fused-ring (bicyclic) bond motifs is 3. The molecule has 3 aromatic rings. The lowest BCUT2D eigenvalue weighted by Gasteiger charge is -2.16. The summed E-state index contributed by atoms with van der Waals surface area (Å²) < 4.78 is 7.31. The van der Waals surface area contributed by atoms with E-state index in [9.17, 15) is 10.1 Å². The van der Waals surface area contributed by atoms with E-state index in [4.69, 9.17) is 16.3 Å². The number of nitro groups is 1. The summed E-state index contributed by atoms with van der Waals surface area (Å²) in [6.45, 7) is 0. The van der Waals surface area contributed by atoms with Gasteiger partial charge in [0.05, 0.1) is 39.4 Å². The molecule has 0 saturated carbocycles. The lowest BCUT2D eigenvalue weighted by molar-refractivity contribution is -0.385. The van der Waals surface area contributed by atoms with Crippen molar-refractivity contribution in [2.45, 2.75) is 11.1 Å². The Morgan fingerprint density at radius 3 is 3.00 bits per heavy atom. The fourth-order valence-electron chi connectivity index (χ4n) is 2.98. The third kappa shape index (κ3) is 2.23. The van der Waals surface area contributed by atoms with Crippen LogP contribution in [0.15, 0.2) is 36.4 Å². The second kappa shape index (κ2) is 5.68. The summed E-state index contributed by atoms with van der Waals surface area (Å²) in [7, 11) is 1.60. The van der Waals surface area contributed by atoms with Crippen LogP contribution in [0.5, 0.6) is 5.75 Å². The zero-order valence-electron chi connectivity index (χ0n) is 12.6. The molecule has 0 spiro atoms. The molecule has 2 aromatic carbocycles. The number of benzene rings is 2. The Morgan fingerprint density at radius 1 is 1.42 bits per heavy atom. The zero-order chi connectivity index (χ0) is 16.8. The number of nitro benzene ring substituents is 1. The summed E-state index contributed by atoms with van der Waals surface area (Å²) in [4.78, 5) is 15.7. The highest BCUT2D eigenvalue weighted by atomic mass is 35.5. The highest BCUT2D eigenvalue weighted by Crippen LogP contribution is 2.48. The minimum atomic E-state index is -0.389. The van der Waals surface area contributed by atoms with E-state index in [2.05, 4.69) is 4.98 Å². The fraction of sp³-hybridized carbons (Fsp3) is 0.188. The summed E-state index contributed by atoms with van der Waals surface area (Å²) >= 11 is 7.90. The van der Waals surface area contributed by atoms with E-state index in [0.29, 0.717) is 16.3 Å². The molecule has 0 radical (unpaired) electrons. The number of ether oxygens (including phenoxy) is 1.